The van der Waals surface area contributed by atoms with Gasteiger partial charge in [-0.3, -0.25) is 4.79 Å². The molecule has 1 aromatic carbocycles. The Labute approximate surface area is 137 Å². The van der Waals surface area contributed by atoms with Gasteiger partial charge < -0.3 is 18.0 Å². The van der Waals surface area contributed by atoms with Crippen LogP contribution in [0.1, 0.15) is 13.3 Å². The average Bonchev–Trinajstić information content (AvgIpc) is 2.57. The molecule has 0 amide bonds. The molecule has 0 fully saturated rings. The van der Waals surface area contributed by atoms with Gasteiger partial charge in [-0.15, -0.1) is 0 Å². The fourth-order valence-electron chi connectivity index (χ4n) is 1.87. The molecule has 0 N–H and O–H groups in total. The molecule has 1 rings (SSSR count). The second-order valence-electron chi connectivity index (χ2n) is 4.45. The van der Waals surface area contributed by atoms with E-state index in [0.717, 1.165) is 6.42 Å². The fraction of sp³-hybridized carbons (Fsp3) is 0.533. The standard InChI is InChI=1S/C15H24O5SSi/c1-4-20-22(17-2,18-3)12-8-11-21-15(16)13-19-14-9-6-5-7-10-14/h5-7,9-10H,4,8,11-13H2,1-3H3. The number of hydrogen-bond donors (Lipinski definition) is 0. The van der Waals surface area contributed by atoms with Crippen molar-refractivity contribution in [2.45, 2.75) is 19.4 Å². The number of carbonyl (C=O) groups excluding carboxylic acids is 1. The molecule has 124 valence electrons. The van der Waals surface area contributed by atoms with Crippen LogP contribution in [0, 0.1) is 0 Å². The van der Waals surface area contributed by atoms with Gasteiger partial charge in [0.2, 0.25) is 5.12 Å². The van der Waals surface area contributed by atoms with E-state index in [0.29, 0.717) is 24.2 Å². The molecule has 0 unspecified atom stereocenters. The van der Waals surface area contributed by atoms with Crippen molar-refractivity contribution in [1.82, 2.24) is 0 Å². The summed E-state index contributed by atoms with van der Waals surface area (Å²) in [5.41, 5.74) is 0. The molecule has 0 heterocycles. The first-order valence-electron chi connectivity index (χ1n) is 7.23. The van der Waals surface area contributed by atoms with Crippen molar-refractivity contribution in [1.29, 1.82) is 0 Å². The lowest BCUT2D eigenvalue weighted by Gasteiger charge is -2.25. The van der Waals surface area contributed by atoms with Crippen LogP contribution in [0.3, 0.4) is 0 Å². The molecule has 5 nitrogen and oxygen atoms in total. The number of benzene rings is 1. The number of rotatable bonds is 11. The number of carbonyl (C=O) groups is 1. The third-order valence-electron chi connectivity index (χ3n) is 2.98. The maximum Gasteiger partial charge on any atom is 0.500 e. The third-order valence-corrected chi connectivity index (χ3v) is 6.85. The second kappa shape index (κ2) is 10.8. The Morgan fingerprint density at radius 3 is 2.45 bits per heavy atom. The molecule has 0 aliphatic heterocycles. The van der Waals surface area contributed by atoms with E-state index in [9.17, 15) is 4.79 Å². The molecule has 0 saturated heterocycles. The van der Waals surface area contributed by atoms with Crippen molar-refractivity contribution in [2.24, 2.45) is 0 Å². The summed E-state index contributed by atoms with van der Waals surface area (Å²) in [6, 6.07) is 10.0. The molecular weight excluding hydrogens is 320 g/mol. The van der Waals surface area contributed by atoms with Gasteiger partial charge in [-0.25, -0.2) is 0 Å². The van der Waals surface area contributed by atoms with E-state index in [1.807, 2.05) is 37.3 Å². The SMILES string of the molecule is CCO[Si](CCCSC(=O)COc1ccccc1)(OC)OC. The molecule has 0 bridgehead atoms. The zero-order chi connectivity index (χ0) is 16.3. The minimum atomic E-state index is -2.54. The second-order valence-corrected chi connectivity index (χ2v) is 8.57. The van der Waals surface area contributed by atoms with E-state index in [2.05, 4.69) is 0 Å². The molecule has 0 saturated carbocycles. The predicted molar refractivity (Wildman–Crippen MR) is 90.2 cm³/mol. The number of hydrogen-bond acceptors (Lipinski definition) is 6. The zero-order valence-corrected chi connectivity index (χ0v) is 15.2. The lowest BCUT2D eigenvalue weighted by Crippen LogP contribution is -2.43. The summed E-state index contributed by atoms with van der Waals surface area (Å²) >= 11 is 1.27. The first kappa shape index (κ1) is 19.2. The fourth-order valence-corrected chi connectivity index (χ4v) is 4.79. The molecule has 0 aromatic heterocycles. The van der Waals surface area contributed by atoms with Gasteiger partial charge in [-0.1, -0.05) is 30.0 Å². The summed E-state index contributed by atoms with van der Waals surface area (Å²) < 4.78 is 21.9. The van der Waals surface area contributed by atoms with Gasteiger partial charge in [0, 0.05) is 32.6 Å². The van der Waals surface area contributed by atoms with Gasteiger partial charge in [-0.2, -0.15) is 0 Å². The number of ether oxygens (including phenoxy) is 1. The molecule has 0 radical (unpaired) electrons. The quantitative estimate of drug-likeness (QED) is 0.454. The summed E-state index contributed by atoms with van der Waals surface area (Å²) in [4.78, 5) is 11.8. The summed E-state index contributed by atoms with van der Waals surface area (Å²) in [5.74, 6) is 1.41. The Bertz CT molecular complexity index is 425. The highest BCUT2D eigenvalue weighted by Gasteiger charge is 2.37. The van der Waals surface area contributed by atoms with Gasteiger partial charge in [0.25, 0.3) is 0 Å². The van der Waals surface area contributed by atoms with E-state index in [1.165, 1.54) is 11.8 Å². The molecule has 0 atom stereocenters. The summed E-state index contributed by atoms with van der Waals surface area (Å²) in [7, 11) is 0.675. The highest BCUT2D eigenvalue weighted by molar-refractivity contribution is 8.13. The van der Waals surface area contributed by atoms with Gasteiger partial charge in [0.05, 0.1) is 0 Å². The molecule has 0 aliphatic carbocycles. The van der Waals surface area contributed by atoms with Crippen LogP contribution in [-0.4, -0.2) is 47.1 Å². The molecule has 0 aliphatic rings. The van der Waals surface area contributed by atoms with Crippen LogP contribution in [0.25, 0.3) is 0 Å². The monoisotopic (exact) mass is 344 g/mol. The minimum Gasteiger partial charge on any atom is -0.485 e. The molecule has 1 aromatic rings. The van der Waals surface area contributed by atoms with Crippen LogP contribution in [0.15, 0.2) is 30.3 Å². The zero-order valence-electron chi connectivity index (χ0n) is 13.4. The summed E-state index contributed by atoms with van der Waals surface area (Å²) in [5, 5.41) is 0.0161. The normalized spacial score (nSPS) is 11.4. The first-order chi connectivity index (χ1) is 10.7. The topological polar surface area (TPSA) is 54.0 Å². The Morgan fingerprint density at radius 1 is 1.18 bits per heavy atom. The largest absolute Gasteiger partial charge is 0.500 e. The third kappa shape index (κ3) is 6.93. The molecule has 22 heavy (non-hydrogen) atoms. The van der Waals surface area contributed by atoms with E-state index >= 15 is 0 Å². The van der Waals surface area contributed by atoms with E-state index in [-0.39, 0.29) is 11.7 Å². The maximum atomic E-state index is 11.8. The number of para-hydroxylation sites is 1. The average molecular weight is 345 g/mol. The lowest BCUT2D eigenvalue weighted by molar-refractivity contribution is -0.112. The smallest absolute Gasteiger partial charge is 0.485 e. The van der Waals surface area contributed by atoms with Gasteiger partial charge in [0.15, 0.2) is 6.61 Å². The van der Waals surface area contributed by atoms with Crippen LogP contribution in [0.4, 0.5) is 0 Å². The van der Waals surface area contributed by atoms with E-state index in [1.54, 1.807) is 14.2 Å². The van der Waals surface area contributed by atoms with Crippen LogP contribution < -0.4 is 4.74 Å². The van der Waals surface area contributed by atoms with E-state index in [4.69, 9.17) is 18.0 Å². The van der Waals surface area contributed by atoms with Crippen LogP contribution in [0.5, 0.6) is 5.75 Å². The highest BCUT2D eigenvalue weighted by Crippen LogP contribution is 2.18. The van der Waals surface area contributed by atoms with Crippen LogP contribution >= 0.6 is 11.8 Å². The van der Waals surface area contributed by atoms with Gasteiger partial charge >= 0.3 is 8.80 Å². The molecule has 7 heteroatoms. The Morgan fingerprint density at radius 2 is 1.86 bits per heavy atom. The Hall–Kier alpha value is -0.863. The molecule has 0 spiro atoms. The van der Waals surface area contributed by atoms with Crippen molar-refractivity contribution in [2.75, 3.05) is 33.2 Å². The molecular formula is C15H24O5SSi. The lowest BCUT2D eigenvalue weighted by atomic mass is 10.3. The van der Waals surface area contributed by atoms with Gasteiger partial charge in [-0.05, 0) is 25.5 Å². The first-order valence-corrected chi connectivity index (χ1v) is 10.1. The van der Waals surface area contributed by atoms with Crippen molar-refractivity contribution in [3.8, 4) is 5.75 Å². The Balaban J connectivity index is 2.21. The van der Waals surface area contributed by atoms with Crippen molar-refractivity contribution >= 4 is 25.7 Å². The van der Waals surface area contributed by atoms with Crippen molar-refractivity contribution in [3.05, 3.63) is 30.3 Å². The number of thioether (sulfide) groups is 1. The summed E-state index contributed by atoms with van der Waals surface area (Å²) in [6.45, 7) is 2.56. The predicted octanol–water partition coefficient (Wildman–Crippen LogP) is 2.98. The van der Waals surface area contributed by atoms with Crippen LogP contribution in [-0.2, 0) is 18.1 Å². The minimum absolute atomic E-state index is 0.0161. The maximum absolute atomic E-state index is 11.8. The van der Waals surface area contributed by atoms with E-state index < -0.39 is 8.80 Å². The van der Waals surface area contributed by atoms with Crippen molar-refractivity contribution in [3.63, 3.8) is 0 Å². The van der Waals surface area contributed by atoms with Crippen molar-refractivity contribution < 1.29 is 22.8 Å². The summed E-state index contributed by atoms with van der Waals surface area (Å²) in [6.07, 6.45) is 0.801. The van der Waals surface area contributed by atoms with Crippen LogP contribution in [0.2, 0.25) is 6.04 Å². The Kier molecular flexibility index (Phi) is 9.41. The van der Waals surface area contributed by atoms with Gasteiger partial charge in [0.1, 0.15) is 5.75 Å². The highest BCUT2D eigenvalue weighted by atomic mass is 32.2.